The first-order valence-electron chi connectivity index (χ1n) is 9.85. The number of rotatable bonds is 6. The number of alkyl carbamates (subject to hydrolysis) is 1. The second kappa shape index (κ2) is 9.06. The van der Waals surface area contributed by atoms with E-state index in [4.69, 9.17) is 16.3 Å². The highest BCUT2D eigenvalue weighted by molar-refractivity contribution is 6.30. The van der Waals surface area contributed by atoms with Gasteiger partial charge in [0.2, 0.25) is 0 Å². The van der Waals surface area contributed by atoms with Gasteiger partial charge < -0.3 is 20.3 Å². The largest absolute Gasteiger partial charge is 0.449 e. The Labute approximate surface area is 184 Å². The van der Waals surface area contributed by atoms with Crippen molar-refractivity contribution in [1.29, 1.82) is 0 Å². The molecule has 0 spiro atoms. The van der Waals surface area contributed by atoms with E-state index >= 15 is 0 Å². The maximum Gasteiger partial charge on any atom is 0.407 e. The average molecular weight is 442 g/mol. The van der Waals surface area contributed by atoms with Gasteiger partial charge >= 0.3 is 6.09 Å². The van der Waals surface area contributed by atoms with E-state index in [1.54, 1.807) is 0 Å². The standard InChI is InChI=1S/C24H21ClFNO4/c25-20-11-14(9-10-21(20)26)23(29)22(28)12-27-24(30)31-13-19-17-7-3-1-5-15(17)16-6-2-4-8-18(16)19/h1-11,19,22-23,28-29H,12-13H2,(H,27,30). The fourth-order valence-corrected chi connectivity index (χ4v) is 4.06. The van der Waals surface area contributed by atoms with Crippen molar-refractivity contribution in [2.24, 2.45) is 0 Å². The SMILES string of the molecule is O=C(NCC(O)C(O)c1ccc(F)c(Cl)c1)OCC1c2ccccc2-c2ccccc21. The van der Waals surface area contributed by atoms with Gasteiger partial charge in [-0.1, -0.05) is 66.2 Å². The third kappa shape index (κ3) is 4.42. The summed E-state index contributed by atoms with van der Waals surface area (Å²) < 4.78 is 18.7. The number of ether oxygens (including phenoxy) is 1. The normalized spacial score (nSPS) is 14.5. The molecule has 5 nitrogen and oxygen atoms in total. The van der Waals surface area contributed by atoms with Crippen molar-refractivity contribution in [3.05, 3.63) is 94.3 Å². The first-order valence-corrected chi connectivity index (χ1v) is 10.2. The molecule has 3 N–H and O–H groups in total. The highest BCUT2D eigenvalue weighted by Gasteiger charge is 2.29. The Hall–Kier alpha value is -2.93. The van der Waals surface area contributed by atoms with E-state index in [1.165, 1.54) is 12.1 Å². The number of halogens is 2. The molecule has 7 heteroatoms. The van der Waals surface area contributed by atoms with E-state index in [2.05, 4.69) is 5.32 Å². The van der Waals surface area contributed by atoms with Crippen LogP contribution in [0.5, 0.6) is 0 Å². The molecule has 1 aliphatic carbocycles. The van der Waals surface area contributed by atoms with Crippen LogP contribution in [-0.4, -0.2) is 35.6 Å². The molecule has 160 valence electrons. The smallest absolute Gasteiger partial charge is 0.407 e. The lowest BCUT2D eigenvalue weighted by Gasteiger charge is -2.19. The van der Waals surface area contributed by atoms with E-state index in [1.807, 2.05) is 48.5 Å². The molecule has 0 saturated carbocycles. The lowest BCUT2D eigenvalue weighted by atomic mass is 9.98. The lowest BCUT2D eigenvalue weighted by molar-refractivity contribution is 0.0185. The predicted molar refractivity (Wildman–Crippen MR) is 115 cm³/mol. The molecule has 4 rings (SSSR count). The number of carbonyl (C=O) groups excluding carboxylic acids is 1. The molecule has 31 heavy (non-hydrogen) atoms. The highest BCUT2D eigenvalue weighted by Crippen LogP contribution is 2.44. The van der Waals surface area contributed by atoms with Crippen molar-refractivity contribution >= 4 is 17.7 Å². The molecule has 0 aromatic heterocycles. The van der Waals surface area contributed by atoms with E-state index in [9.17, 15) is 19.4 Å². The van der Waals surface area contributed by atoms with Crippen LogP contribution in [0.3, 0.4) is 0 Å². The van der Waals surface area contributed by atoms with Gasteiger partial charge in [-0.25, -0.2) is 9.18 Å². The molecule has 0 bridgehead atoms. The Morgan fingerprint density at radius 2 is 1.65 bits per heavy atom. The Morgan fingerprint density at radius 3 is 2.26 bits per heavy atom. The van der Waals surface area contributed by atoms with Gasteiger partial charge in [0, 0.05) is 12.5 Å². The fourth-order valence-electron chi connectivity index (χ4n) is 3.87. The van der Waals surface area contributed by atoms with E-state index in [-0.39, 0.29) is 29.7 Å². The summed E-state index contributed by atoms with van der Waals surface area (Å²) in [4.78, 5) is 12.2. The summed E-state index contributed by atoms with van der Waals surface area (Å²) in [6, 6.07) is 19.7. The zero-order valence-electron chi connectivity index (χ0n) is 16.5. The molecular formula is C24H21ClFNO4. The lowest BCUT2D eigenvalue weighted by Crippen LogP contribution is -2.36. The van der Waals surface area contributed by atoms with Crippen LogP contribution >= 0.6 is 11.6 Å². The van der Waals surface area contributed by atoms with Gasteiger partial charge in [-0.3, -0.25) is 0 Å². The van der Waals surface area contributed by atoms with Crippen LogP contribution in [0.15, 0.2) is 66.7 Å². The monoisotopic (exact) mass is 441 g/mol. The van der Waals surface area contributed by atoms with Crippen LogP contribution in [0.4, 0.5) is 9.18 Å². The zero-order chi connectivity index (χ0) is 22.0. The number of amides is 1. The minimum atomic E-state index is -1.34. The van der Waals surface area contributed by atoms with Crippen molar-refractivity contribution < 1.29 is 24.1 Å². The first-order chi connectivity index (χ1) is 15.0. The molecular weight excluding hydrogens is 421 g/mol. The van der Waals surface area contributed by atoms with E-state index in [0.29, 0.717) is 0 Å². The number of aliphatic hydroxyl groups is 2. The van der Waals surface area contributed by atoms with Gasteiger partial charge in [0.1, 0.15) is 24.6 Å². The number of nitrogens with one attached hydrogen (secondary N) is 1. The molecule has 0 radical (unpaired) electrons. The van der Waals surface area contributed by atoms with Gasteiger partial charge in [0.25, 0.3) is 0 Å². The number of benzene rings is 3. The van der Waals surface area contributed by atoms with Gasteiger partial charge in [-0.05, 0) is 39.9 Å². The van der Waals surface area contributed by atoms with Crippen molar-refractivity contribution in [2.75, 3.05) is 13.2 Å². The third-order valence-electron chi connectivity index (χ3n) is 5.45. The number of hydrogen-bond acceptors (Lipinski definition) is 4. The van der Waals surface area contributed by atoms with E-state index in [0.717, 1.165) is 28.3 Å². The molecule has 0 saturated heterocycles. The molecule has 2 atom stereocenters. The number of hydrogen-bond donors (Lipinski definition) is 3. The number of aliphatic hydroxyl groups excluding tert-OH is 2. The molecule has 3 aromatic rings. The Kier molecular flexibility index (Phi) is 6.23. The predicted octanol–water partition coefficient (Wildman–Crippen LogP) is 4.41. The molecule has 0 heterocycles. The molecule has 1 aliphatic rings. The average Bonchev–Trinajstić information content (AvgIpc) is 3.11. The second-order valence-corrected chi connectivity index (χ2v) is 7.80. The third-order valence-corrected chi connectivity index (χ3v) is 5.74. The number of carbonyl (C=O) groups is 1. The minimum Gasteiger partial charge on any atom is -0.449 e. The summed E-state index contributed by atoms with van der Waals surface area (Å²) >= 11 is 5.71. The summed E-state index contributed by atoms with van der Waals surface area (Å²) in [7, 11) is 0. The Morgan fingerprint density at radius 1 is 1.03 bits per heavy atom. The van der Waals surface area contributed by atoms with Crippen LogP contribution in [0, 0.1) is 5.82 Å². The van der Waals surface area contributed by atoms with Crippen LogP contribution in [0.1, 0.15) is 28.7 Å². The summed E-state index contributed by atoms with van der Waals surface area (Å²) in [6.45, 7) is -0.0983. The first kappa shape index (κ1) is 21.3. The highest BCUT2D eigenvalue weighted by atomic mass is 35.5. The fraction of sp³-hybridized carbons (Fsp3) is 0.208. The quantitative estimate of drug-likeness (QED) is 0.529. The van der Waals surface area contributed by atoms with Crippen molar-refractivity contribution in [3.8, 4) is 11.1 Å². The topological polar surface area (TPSA) is 78.8 Å². The van der Waals surface area contributed by atoms with Crippen molar-refractivity contribution in [2.45, 2.75) is 18.1 Å². The van der Waals surface area contributed by atoms with Crippen LogP contribution in [0.2, 0.25) is 5.02 Å². The maximum atomic E-state index is 13.3. The van der Waals surface area contributed by atoms with Crippen LogP contribution in [-0.2, 0) is 4.74 Å². The van der Waals surface area contributed by atoms with Crippen LogP contribution in [0.25, 0.3) is 11.1 Å². The minimum absolute atomic E-state index is 0.0741. The Bertz CT molecular complexity index is 1060. The van der Waals surface area contributed by atoms with Gasteiger partial charge in [-0.15, -0.1) is 0 Å². The summed E-state index contributed by atoms with van der Waals surface area (Å²) in [6.07, 6.45) is -3.36. The van der Waals surface area contributed by atoms with E-state index < -0.39 is 24.1 Å². The zero-order valence-corrected chi connectivity index (χ0v) is 17.2. The van der Waals surface area contributed by atoms with Gasteiger partial charge in [-0.2, -0.15) is 0 Å². The van der Waals surface area contributed by atoms with Crippen molar-refractivity contribution in [3.63, 3.8) is 0 Å². The summed E-state index contributed by atoms with van der Waals surface area (Å²) in [5.41, 5.74) is 4.70. The molecule has 3 aromatic carbocycles. The van der Waals surface area contributed by atoms with Gasteiger partial charge in [0.05, 0.1) is 5.02 Å². The van der Waals surface area contributed by atoms with Crippen LogP contribution < -0.4 is 5.32 Å². The van der Waals surface area contributed by atoms with Crippen molar-refractivity contribution in [1.82, 2.24) is 5.32 Å². The second-order valence-electron chi connectivity index (χ2n) is 7.39. The Balaban J connectivity index is 1.34. The summed E-state index contributed by atoms with van der Waals surface area (Å²) in [5, 5.41) is 22.7. The maximum absolute atomic E-state index is 13.3. The number of fused-ring (bicyclic) bond motifs is 3. The molecule has 1 amide bonds. The molecule has 0 aliphatic heterocycles. The molecule has 0 fully saturated rings. The summed E-state index contributed by atoms with van der Waals surface area (Å²) in [5.74, 6) is -0.695. The molecule has 2 unspecified atom stereocenters. The van der Waals surface area contributed by atoms with Gasteiger partial charge in [0.15, 0.2) is 0 Å².